The molecule has 0 bridgehead atoms. The molecule has 0 fully saturated rings. The Bertz CT molecular complexity index is 1010. The van der Waals surface area contributed by atoms with Gasteiger partial charge in [0.1, 0.15) is 24.2 Å². The van der Waals surface area contributed by atoms with Gasteiger partial charge in [-0.05, 0) is 44.7 Å². The smallest absolute Gasteiger partial charge is 0.408 e. The van der Waals surface area contributed by atoms with E-state index < -0.39 is 41.6 Å². The van der Waals surface area contributed by atoms with E-state index in [2.05, 4.69) is 28.2 Å². The number of alkyl carbamates (subject to hydrolysis) is 1. The van der Waals surface area contributed by atoms with Gasteiger partial charge in [0.15, 0.2) is 0 Å². The molecule has 0 heterocycles. The molecule has 0 saturated heterocycles. The van der Waals surface area contributed by atoms with Crippen LogP contribution in [0.1, 0.15) is 90.8 Å². The number of hydrogen-bond donors (Lipinski definition) is 2. The van der Waals surface area contributed by atoms with Gasteiger partial charge >= 0.3 is 12.1 Å². The SMILES string of the molecule is C#Cc1ccccc1C(C(=O)NCC(=O)OC)N(CCCCCCC)C(=O)C(NC(=O)OC(C)(C)C)C(C)C. The Morgan fingerprint density at radius 3 is 2.26 bits per heavy atom. The van der Waals surface area contributed by atoms with E-state index in [-0.39, 0.29) is 19.0 Å². The highest BCUT2D eigenvalue weighted by molar-refractivity contribution is 5.93. The van der Waals surface area contributed by atoms with Crippen LogP contribution < -0.4 is 10.6 Å². The minimum atomic E-state index is -1.14. The third-order valence-electron chi connectivity index (χ3n) is 6.00. The van der Waals surface area contributed by atoms with Gasteiger partial charge in [0.2, 0.25) is 11.8 Å². The summed E-state index contributed by atoms with van der Waals surface area (Å²) >= 11 is 0. The summed E-state index contributed by atoms with van der Waals surface area (Å²) in [4.78, 5) is 53.7. The van der Waals surface area contributed by atoms with Crippen LogP contribution in [0.15, 0.2) is 24.3 Å². The van der Waals surface area contributed by atoms with Crippen LogP contribution in [0.5, 0.6) is 0 Å². The number of esters is 1. The standard InChI is InChI=1S/C30H45N3O6/c1-9-11-12-13-16-19-33(28(36)25(21(3)4)32-29(37)39-30(5,6)7)26(27(35)31-20-24(34)38-8)23-18-15-14-17-22(23)10-2/h2,14-15,17-18,21,25-26H,9,11-13,16,19-20H2,1,3-8H3,(H,31,35)(H,32,37). The van der Waals surface area contributed by atoms with E-state index in [0.29, 0.717) is 17.5 Å². The van der Waals surface area contributed by atoms with Crippen molar-refractivity contribution < 1.29 is 28.7 Å². The second-order valence-electron chi connectivity index (χ2n) is 10.7. The number of rotatable bonds is 14. The van der Waals surface area contributed by atoms with E-state index in [9.17, 15) is 19.2 Å². The Labute approximate surface area is 233 Å². The van der Waals surface area contributed by atoms with Crippen LogP contribution in [0.4, 0.5) is 4.79 Å². The number of amides is 3. The van der Waals surface area contributed by atoms with Crippen molar-refractivity contribution in [2.45, 2.75) is 91.3 Å². The topological polar surface area (TPSA) is 114 Å². The molecule has 9 nitrogen and oxygen atoms in total. The van der Waals surface area contributed by atoms with Gasteiger partial charge in [0.25, 0.3) is 0 Å². The lowest BCUT2D eigenvalue weighted by Gasteiger charge is -2.36. The molecule has 0 aliphatic rings. The summed E-state index contributed by atoms with van der Waals surface area (Å²) in [7, 11) is 1.22. The molecule has 3 amide bonds. The first kappa shape index (κ1) is 33.5. The summed E-state index contributed by atoms with van der Waals surface area (Å²) in [6.07, 6.45) is 9.64. The van der Waals surface area contributed by atoms with Crippen molar-refractivity contribution in [2.75, 3.05) is 20.2 Å². The van der Waals surface area contributed by atoms with Crippen LogP contribution in [-0.4, -0.2) is 60.6 Å². The first-order valence-electron chi connectivity index (χ1n) is 13.6. The van der Waals surface area contributed by atoms with E-state index in [1.165, 1.54) is 12.0 Å². The number of carbonyl (C=O) groups excluding carboxylic acids is 4. The van der Waals surface area contributed by atoms with E-state index in [1.807, 2.05) is 0 Å². The molecule has 1 aromatic rings. The Kier molecular flexibility index (Phi) is 14.1. The zero-order valence-corrected chi connectivity index (χ0v) is 24.5. The summed E-state index contributed by atoms with van der Waals surface area (Å²) in [5, 5.41) is 5.28. The minimum Gasteiger partial charge on any atom is -0.468 e. The van der Waals surface area contributed by atoms with Crippen molar-refractivity contribution in [3.8, 4) is 12.3 Å². The molecule has 1 rings (SSSR count). The first-order chi connectivity index (χ1) is 18.4. The normalized spacial score (nSPS) is 12.6. The fourth-order valence-corrected chi connectivity index (χ4v) is 4.02. The molecule has 9 heteroatoms. The van der Waals surface area contributed by atoms with Gasteiger partial charge in [-0.15, -0.1) is 6.42 Å². The fraction of sp³-hybridized carbons (Fsp3) is 0.600. The van der Waals surface area contributed by atoms with E-state index >= 15 is 0 Å². The number of unbranched alkanes of at least 4 members (excludes halogenated alkanes) is 4. The third kappa shape index (κ3) is 11.4. The largest absolute Gasteiger partial charge is 0.468 e. The average Bonchev–Trinajstić information content (AvgIpc) is 2.87. The maximum atomic E-state index is 14.2. The third-order valence-corrected chi connectivity index (χ3v) is 6.00. The summed E-state index contributed by atoms with van der Waals surface area (Å²) in [5.41, 5.74) is 0.139. The zero-order chi connectivity index (χ0) is 29.6. The van der Waals surface area contributed by atoms with Gasteiger partial charge < -0.3 is 25.0 Å². The maximum absolute atomic E-state index is 14.2. The van der Waals surface area contributed by atoms with Gasteiger partial charge in [-0.3, -0.25) is 14.4 Å². The summed E-state index contributed by atoms with van der Waals surface area (Å²) in [6.45, 7) is 10.8. The molecule has 2 atom stereocenters. The van der Waals surface area contributed by atoms with Crippen LogP contribution in [-0.2, 0) is 23.9 Å². The van der Waals surface area contributed by atoms with Crippen LogP contribution in [0.2, 0.25) is 0 Å². The Balaban J connectivity index is 3.54. The molecule has 2 N–H and O–H groups in total. The maximum Gasteiger partial charge on any atom is 0.408 e. The second kappa shape index (κ2) is 16.4. The minimum absolute atomic E-state index is 0.247. The quantitative estimate of drug-likeness (QED) is 0.205. The van der Waals surface area contributed by atoms with Crippen LogP contribution in [0.25, 0.3) is 0 Å². The fourth-order valence-electron chi connectivity index (χ4n) is 4.02. The van der Waals surface area contributed by atoms with Gasteiger partial charge in [-0.2, -0.15) is 0 Å². The molecule has 1 aromatic carbocycles. The van der Waals surface area contributed by atoms with Crippen molar-refractivity contribution in [1.29, 1.82) is 0 Å². The summed E-state index contributed by atoms with van der Waals surface area (Å²) in [6, 6.07) is 4.77. The highest BCUT2D eigenvalue weighted by Gasteiger charge is 2.38. The molecule has 0 aliphatic heterocycles. The molecule has 0 aromatic heterocycles. The summed E-state index contributed by atoms with van der Waals surface area (Å²) < 4.78 is 10.1. The van der Waals surface area contributed by atoms with Gasteiger partial charge in [-0.1, -0.05) is 70.6 Å². The number of nitrogens with one attached hydrogen (secondary N) is 2. The lowest BCUT2D eigenvalue weighted by molar-refractivity contribution is -0.145. The van der Waals surface area contributed by atoms with Crippen molar-refractivity contribution in [1.82, 2.24) is 15.5 Å². The molecular weight excluding hydrogens is 498 g/mol. The van der Waals surface area contributed by atoms with Gasteiger partial charge in [0, 0.05) is 12.1 Å². The molecule has 39 heavy (non-hydrogen) atoms. The molecule has 2 unspecified atom stereocenters. The Morgan fingerprint density at radius 1 is 1.05 bits per heavy atom. The highest BCUT2D eigenvalue weighted by atomic mass is 16.6. The second-order valence-corrected chi connectivity index (χ2v) is 10.7. The van der Waals surface area contributed by atoms with Crippen molar-refractivity contribution in [3.05, 3.63) is 35.4 Å². The molecule has 216 valence electrons. The van der Waals surface area contributed by atoms with Crippen LogP contribution >= 0.6 is 0 Å². The van der Waals surface area contributed by atoms with Crippen molar-refractivity contribution in [3.63, 3.8) is 0 Å². The average molecular weight is 544 g/mol. The molecule has 0 radical (unpaired) electrons. The zero-order valence-electron chi connectivity index (χ0n) is 24.5. The molecule has 0 aliphatic carbocycles. The number of ether oxygens (including phenoxy) is 2. The van der Waals surface area contributed by atoms with Gasteiger partial charge in [-0.25, -0.2) is 4.79 Å². The predicted molar refractivity (Wildman–Crippen MR) is 151 cm³/mol. The first-order valence-corrected chi connectivity index (χ1v) is 13.6. The van der Waals surface area contributed by atoms with E-state index in [1.54, 1.807) is 58.9 Å². The van der Waals surface area contributed by atoms with Crippen LogP contribution in [0.3, 0.4) is 0 Å². The number of hydrogen-bond acceptors (Lipinski definition) is 6. The lowest BCUT2D eigenvalue weighted by atomic mass is 9.95. The molecule has 0 spiro atoms. The monoisotopic (exact) mass is 543 g/mol. The van der Waals surface area contributed by atoms with Crippen molar-refractivity contribution >= 4 is 23.9 Å². The van der Waals surface area contributed by atoms with E-state index in [4.69, 9.17) is 11.2 Å². The lowest BCUT2D eigenvalue weighted by Crippen LogP contribution is -2.55. The van der Waals surface area contributed by atoms with Crippen molar-refractivity contribution in [2.24, 2.45) is 5.92 Å². The number of methoxy groups -OCH3 is 1. The number of nitrogens with zero attached hydrogens (tertiary/aromatic N) is 1. The Hall–Kier alpha value is -3.54. The van der Waals surface area contributed by atoms with E-state index in [0.717, 1.165) is 25.7 Å². The molecule has 0 saturated carbocycles. The Morgan fingerprint density at radius 2 is 1.69 bits per heavy atom. The number of benzene rings is 1. The molecular formula is C30H45N3O6. The predicted octanol–water partition coefficient (Wildman–Crippen LogP) is 4.35. The number of carbonyl (C=O) groups is 4. The number of terminal acetylenes is 1. The van der Waals surface area contributed by atoms with Crippen LogP contribution in [0, 0.1) is 18.3 Å². The highest BCUT2D eigenvalue weighted by Crippen LogP contribution is 2.27. The summed E-state index contributed by atoms with van der Waals surface area (Å²) in [5.74, 6) is 0.630. The van der Waals surface area contributed by atoms with Gasteiger partial charge in [0.05, 0.1) is 7.11 Å².